The molecule has 1 N–H and O–H groups in total. The zero-order valence-electron chi connectivity index (χ0n) is 18.5. The number of methoxy groups -OCH3 is 1. The van der Waals surface area contributed by atoms with Crippen LogP contribution in [0.1, 0.15) is 29.5 Å². The summed E-state index contributed by atoms with van der Waals surface area (Å²) in [6.45, 7) is 9.74. The summed E-state index contributed by atoms with van der Waals surface area (Å²) in [6.07, 6.45) is 2.27. The minimum absolute atomic E-state index is 0.295. The number of quaternary nitrogens is 1. The van der Waals surface area contributed by atoms with Gasteiger partial charge in [-0.15, -0.1) is 0 Å². The number of rotatable bonds is 7. The highest BCUT2D eigenvalue weighted by Crippen LogP contribution is 2.28. The average molecular weight is 409 g/mol. The van der Waals surface area contributed by atoms with Gasteiger partial charge in [0.15, 0.2) is 6.54 Å². The topological polar surface area (TPSA) is 37.2 Å². The molecule has 2 aliphatic rings. The molecule has 4 rings (SSSR count). The molecule has 1 aliphatic heterocycles. The van der Waals surface area contributed by atoms with Gasteiger partial charge in [0.1, 0.15) is 5.75 Å². The van der Waals surface area contributed by atoms with E-state index < -0.39 is 0 Å². The van der Waals surface area contributed by atoms with Crippen molar-refractivity contribution in [2.75, 3.05) is 44.7 Å². The molecular weight excluding hydrogens is 374 g/mol. The van der Waals surface area contributed by atoms with Crippen molar-refractivity contribution in [1.82, 2.24) is 4.90 Å². The summed E-state index contributed by atoms with van der Waals surface area (Å²) in [4.78, 5) is 19.1. The Bertz CT molecular complexity index is 868. The number of ether oxygens (including phenoxy) is 1. The van der Waals surface area contributed by atoms with Crippen LogP contribution in [0.15, 0.2) is 42.5 Å². The first-order valence-corrected chi connectivity index (χ1v) is 11.1. The van der Waals surface area contributed by atoms with E-state index in [1.54, 1.807) is 7.11 Å². The third kappa shape index (κ3) is 4.78. The van der Waals surface area contributed by atoms with Crippen LogP contribution in [0.4, 0.5) is 5.69 Å². The lowest BCUT2D eigenvalue weighted by atomic mass is 10.1. The maximum Gasteiger partial charge on any atom is 0.278 e. The predicted octanol–water partition coefficient (Wildman–Crippen LogP) is 2.21. The fraction of sp³-hybridized carbons (Fsp3) is 0.480. The summed E-state index contributed by atoms with van der Waals surface area (Å²) in [6, 6.07) is 15.1. The molecule has 5 heteroatoms. The molecule has 1 aliphatic carbocycles. The standard InChI is InChI=1S/C25H33N3O2/c1-19-5-4-6-24(20(19)2)27-15-13-26(14-16-27)18-25(29)28(22-9-10-22)17-21-7-11-23(30-3)12-8-21/h4-8,11-12,22H,9-10,13-18H2,1-3H3/p+1. The molecule has 0 atom stereocenters. The quantitative estimate of drug-likeness (QED) is 0.763. The predicted molar refractivity (Wildman–Crippen MR) is 120 cm³/mol. The van der Waals surface area contributed by atoms with E-state index in [0.29, 0.717) is 25.0 Å². The van der Waals surface area contributed by atoms with E-state index in [1.165, 1.54) is 27.3 Å². The molecule has 0 spiro atoms. The number of anilines is 1. The maximum atomic E-state index is 13.1. The van der Waals surface area contributed by atoms with Gasteiger partial charge in [0.25, 0.3) is 5.91 Å². The molecule has 1 saturated carbocycles. The highest BCUT2D eigenvalue weighted by Gasteiger charge is 2.34. The van der Waals surface area contributed by atoms with Gasteiger partial charge in [-0.25, -0.2) is 0 Å². The second-order valence-corrected chi connectivity index (χ2v) is 8.73. The maximum absolute atomic E-state index is 13.1. The molecule has 5 nitrogen and oxygen atoms in total. The van der Waals surface area contributed by atoms with Gasteiger partial charge in [-0.05, 0) is 61.6 Å². The number of piperazine rings is 1. The Morgan fingerprint density at radius 1 is 1.10 bits per heavy atom. The Hall–Kier alpha value is -2.53. The van der Waals surface area contributed by atoms with Crippen molar-refractivity contribution in [1.29, 1.82) is 0 Å². The highest BCUT2D eigenvalue weighted by molar-refractivity contribution is 5.77. The number of carbonyl (C=O) groups is 1. The second-order valence-electron chi connectivity index (χ2n) is 8.73. The molecule has 2 fully saturated rings. The number of aryl methyl sites for hydroxylation is 1. The summed E-state index contributed by atoms with van der Waals surface area (Å²) < 4.78 is 5.25. The largest absolute Gasteiger partial charge is 0.497 e. The number of amides is 1. The van der Waals surface area contributed by atoms with Crippen molar-refractivity contribution in [2.45, 2.75) is 39.3 Å². The minimum Gasteiger partial charge on any atom is -0.497 e. The molecule has 2 aromatic carbocycles. The molecule has 1 amide bonds. The van der Waals surface area contributed by atoms with Gasteiger partial charge in [-0.1, -0.05) is 24.3 Å². The molecule has 1 saturated heterocycles. The van der Waals surface area contributed by atoms with Crippen molar-refractivity contribution in [3.05, 3.63) is 59.2 Å². The monoisotopic (exact) mass is 408 g/mol. The van der Waals surface area contributed by atoms with Gasteiger partial charge in [0.2, 0.25) is 0 Å². The number of nitrogens with one attached hydrogen (secondary N) is 1. The normalized spacial score (nSPS) is 17.1. The second kappa shape index (κ2) is 9.09. The molecule has 0 aromatic heterocycles. The van der Waals surface area contributed by atoms with Gasteiger partial charge in [-0.3, -0.25) is 4.79 Å². The van der Waals surface area contributed by atoms with E-state index in [2.05, 4.69) is 54.0 Å². The van der Waals surface area contributed by atoms with Gasteiger partial charge in [-0.2, -0.15) is 0 Å². The van der Waals surface area contributed by atoms with E-state index in [1.807, 2.05) is 12.1 Å². The van der Waals surface area contributed by atoms with Crippen LogP contribution in [0.2, 0.25) is 0 Å². The molecule has 0 radical (unpaired) electrons. The van der Waals surface area contributed by atoms with Gasteiger partial charge < -0.3 is 19.4 Å². The first kappa shape index (κ1) is 20.7. The van der Waals surface area contributed by atoms with Crippen molar-refractivity contribution in [3.63, 3.8) is 0 Å². The Kier molecular flexibility index (Phi) is 6.28. The van der Waals surface area contributed by atoms with Crippen molar-refractivity contribution in [2.24, 2.45) is 0 Å². The minimum atomic E-state index is 0.295. The Morgan fingerprint density at radius 3 is 2.43 bits per heavy atom. The van der Waals surface area contributed by atoms with Crippen LogP contribution >= 0.6 is 0 Å². The number of hydrogen-bond donors (Lipinski definition) is 1. The molecule has 30 heavy (non-hydrogen) atoms. The number of hydrogen-bond acceptors (Lipinski definition) is 3. The lowest BCUT2D eigenvalue weighted by Crippen LogP contribution is -3.15. The van der Waals surface area contributed by atoms with Crippen LogP contribution in [0.5, 0.6) is 5.75 Å². The van der Waals surface area contributed by atoms with Crippen LogP contribution in [0.25, 0.3) is 0 Å². The number of benzene rings is 2. The Balaban J connectivity index is 1.33. The first-order valence-electron chi connectivity index (χ1n) is 11.1. The van der Waals surface area contributed by atoms with Crippen LogP contribution in [-0.2, 0) is 11.3 Å². The molecule has 0 bridgehead atoms. The zero-order chi connectivity index (χ0) is 21.1. The zero-order valence-corrected chi connectivity index (χ0v) is 18.5. The molecular formula is C25H34N3O2+. The van der Waals surface area contributed by atoms with Crippen LogP contribution in [0.3, 0.4) is 0 Å². The lowest BCUT2D eigenvalue weighted by molar-refractivity contribution is -0.892. The fourth-order valence-corrected chi connectivity index (χ4v) is 4.37. The van der Waals surface area contributed by atoms with Crippen LogP contribution < -0.4 is 14.5 Å². The molecule has 2 aromatic rings. The van der Waals surface area contributed by atoms with Crippen LogP contribution in [0, 0.1) is 13.8 Å². The SMILES string of the molecule is COc1ccc(CN(C(=O)C[NH+]2CCN(c3cccc(C)c3C)CC2)C2CC2)cc1. The third-order valence-corrected chi connectivity index (χ3v) is 6.61. The summed E-state index contributed by atoms with van der Waals surface area (Å²) in [5, 5.41) is 0. The van der Waals surface area contributed by atoms with Crippen molar-refractivity contribution in [3.8, 4) is 5.75 Å². The van der Waals surface area contributed by atoms with Crippen molar-refractivity contribution >= 4 is 11.6 Å². The van der Waals surface area contributed by atoms with Crippen molar-refractivity contribution < 1.29 is 14.4 Å². The molecule has 1 heterocycles. The smallest absolute Gasteiger partial charge is 0.278 e. The summed E-state index contributed by atoms with van der Waals surface area (Å²) in [7, 11) is 1.68. The fourth-order valence-electron chi connectivity index (χ4n) is 4.37. The van der Waals surface area contributed by atoms with Gasteiger partial charge in [0.05, 0.1) is 33.3 Å². The lowest BCUT2D eigenvalue weighted by Gasteiger charge is -2.35. The summed E-state index contributed by atoms with van der Waals surface area (Å²) >= 11 is 0. The van der Waals surface area contributed by atoms with E-state index >= 15 is 0 Å². The molecule has 0 unspecified atom stereocenters. The Labute approximate surface area is 180 Å². The van der Waals surface area contributed by atoms with E-state index in [4.69, 9.17) is 4.74 Å². The highest BCUT2D eigenvalue weighted by atomic mass is 16.5. The number of carbonyl (C=O) groups excluding carboxylic acids is 1. The first-order chi connectivity index (χ1) is 14.5. The van der Waals surface area contributed by atoms with Gasteiger partial charge >= 0.3 is 0 Å². The third-order valence-electron chi connectivity index (χ3n) is 6.61. The average Bonchev–Trinajstić information content (AvgIpc) is 3.60. The summed E-state index contributed by atoms with van der Waals surface area (Å²) in [5.41, 5.74) is 5.23. The van der Waals surface area contributed by atoms with E-state index in [9.17, 15) is 4.79 Å². The molecule has 160 valence electrons. The van der Waals surface area contributed by atoms with Crippen LogP contribution in [-0.4, -0.2) is 56.7 Å². The van der Waals surface area contributed by atoms with E-state index in [-0.39, 0.29) is 0 Å². The van der Waals surface area contributed by atoms with E-state index in [0.717, 1.165) is 44.8 Å². The van der Waals surface area contributed by atoms with Gasteiger partial charge in [0, 0.05) is 18.3 Å². The summed E-state index contributed by atoms with van der Waals surface area (Å²) in [5.74, 6) is 1.15. The number of nitrogens with zero attached hydrogens (tertiary/aromatic N) is 2. The Morgan fingerprint density at radius 2 is 1.80 bits per heavy atom.